The van der Waals surface area contributed by atoms with Gasteiger partial charge in [0.2, 0.25) is 0 Å². The van der Waals surface area contributed by atoms with Gasteiger partial charge in [-0.2, -0.15) is 5.10 Å². The molecule has 2 N–H and O–H groups in total. The van der Waals surface area contributed by atoms with Crippen LogP contribution in [0, 0.1) is 0 Å². The molecule has 2 heterocycles. The molecule has 2 aromatic heterocycles. The Morgan fingerprint density at radius 1 is 1.35 bits per heavy atom. The summed E-state index contributed by atoms with van der Waals surface area (Å²) >= 11 is 0. The minimum Gasteiger partial charge on any atom is -0.497 e. The number of carbonyl (C=O) groups is 1. The number of fused-ring (bicyclic) bond motifs is 1. The molecule has 1 aliphatic carbocycles. The summed E-state index contributed by atoms with van der Waals surface area (Å²) in [6.45, 7) is 0. The van der Waals surface area contributed by atoms with Gasteiger partial charge in [0.25, 0.3) is 5.91 Å². The fraction of sp³-hybridized carbons (Fsp3) is 0.300. The highest BCUT2D eigenvalue weighted by Gasteiger charge is 2.23. The first kappa shape index (κ1) is 16.4. The second kappa shape index (κ2) is 6.71. The third kappa shape index (κ3) is 2.98. The maximum absolute atomic E-state index is 12.7. The van der Waals surface area contributed by atoms with Gasteiger partial charge in [-0.1, -0.05) is 6.07 Å². The molecule has 1 aliphatic rings. The molecule has 0 bridgehead atoms. The first-order valence-corrected chi connectivity index (χ1v) is 8.80. The van der Waals surface area contributed by atoms with Gasteiger partial charge in [-0.15, -0.1) is 0 Å². The zero-order valence-electron chi connectivity index (χ0n) is 15.0. The number of benzene rings is 1. The molecule has 6 nitrogen and oxygen atoms in total. The average Bonchev–Trinajstić information content (AvgIpc) is 3.30. The molecule has 1 amide bonds. The van der Waals surface area contributed by atoms with Gasteiger partial charge >= 0.3 is 0 Å². The van der Waals surface area contributed by atoms with Gasteiger partial charge in [-0.3, -0.25) is 9.89 Å². The van der Waals surface area contributed by atoms with E-state index in [1.54, 1.807) is 13.2 Å². The minimum atomic E-state index is -0.133. The van der Waals surface area contributed by atoms with Crippen LogP contribution in [-0.4, -0.2) is 27.8 Å². The van der Waals surface area contributed by atoms with E-state index in [4.69, 9.17) is 4.74 Å². The average molecular weight is 350 g/mol. The van der Waals surface area contributed by atoms with Crippen molar-refractivity contribution >= 4 is 5.91 Å². The van der Waals surface area contributed by atoms with E-state index in [-0.39, 0.29) is 11.9 Å². The molecule has 6 heteroatoms. The molecule has 134 valence electrons. The fourth-order valence-electron chi connectivity index (χ4n) is 3.60. The highest BCUT2D eigenvalue weighted by atomic mass is 16.5. The Balaban J connectivity index is 1.53. The summed E-state index contributed by atoms with van der Waals surface area (Å²) in [5, 5.41) is 10.3. The Kier molecular flexibility index (Phi) is 4.24. The summed E-state index contributed by atoms with van der Waals surface area (Å²) in [6.07, 6.45) is 4.95. The number of carbonyl (C=O) groups excluding carboxylic acids is 1. The molecule has 3 aromatic rings. The number of aromatic nitrogens is 3. The lowest BCUT2D eigenvalue weighted by Gasteiger charge is -2.26. The Bertz CT molecular complexity index is 941. The van der Waals surface area contributed by atoms with Gasteiger partial charge in [0.05, 0.1) is 18.8 Å². The monoisotopic (exact) mass is 350 g/mol. The number of H-pyrrole nitrogens is 1. The van der Waals surface area contributed by atoms with Crippen molar-refractivity contribution in [3.8, 4) is 17.1 Å². The Labute approximate surface area is 152 Å². The molecular weight excluding hydrogens is 328 g/mol. The number of nitrogens with zero attached hydrogens (tertiary/aromatic N) is 2. The summed E-state index contributed by atoms with van der Waals surface area (Å²) < 4.78 is 7.29. The lowest BCUT2D eigenvalue weighted by atomic mass is 9.87. The van der Waals surface area contributed by atoms with Crippen LogP contribution >= 0.6 is 0 Å². The van der Waals surface area contributed by atoms with E-state index in [1.165, 1.54) is 11.1 Å². The van der Waals surface area contributed by atoms with Crippen LogP contribution in [0.3, 0.4) is 0 Å². The maximum Gasteiger partial charge on any atom is 0.269 e. The smallest absolute Gasteiger partial charge is 0.269 e. The first-order valence-electron chi connectivity index (χ1n) is 8.80. The number of aromatic amines is 1. The molecule has 4 rings (SSSR count). The van der Waals surface area contributed by atoms with Gasteiger partial charge in [0.1, 0.15) is 17.1 Å². The van der Waals surface area contributed by atoms with Crippen molar-refractivity contribution in [2.24, 2.45) is 7.05 Å². The van der Waals surface area contributed by atoms with E-state index in [2.05, 4.69) is 27.6 Å². The second-order valence-corrected chi connectivity index (χ2v) is 6.65. The lowest BCUT2D eigenvalue weighted by molar-refractivity contribution is 0.0927. The van der Waals surface area contributed by atoms with Crippen LogP contribution in [0.5, 0.6) is 5.75 Å². The summed E-state index contributed by atoms with van der Waals surface area (Å²) in [5.41, 5.74) is 4.62. The predicted octanol–water partition coefficient (Wildman–Crippen LogP) is 3.23. The molecule has 1 unspecified atom stereocenters. The standard InChI is InChI=1S/C20H22N4O2/c1-24-10-4-7-19(24)17-12-18(23-22-17)20(25)21-16-6-3-5-13-11-14(26-2)8-9-15(13)16/h4,7-12,16H,3,5-6H2,1-2H3,(H,21,25)(H,22,23). The molecule has 0 spiro atoms. The van der Waals surface area contributed by atoms with E-state index in [1.807, 2.05) is 36.0 Å². The van der Waals surface area contributed by atoms with Gasteiger partial charge in [0, 0.05) is 13.2 Å². The number of amides is 1. The van der Waals surface area contributed by atoms with Gasteiger partial charge in [0.15, 0.2) is 0 Å². The quantitative estimate of drug-likeness (QED) is 0.759. The molecule has 1 aromatic carbocycles. The minimum absolute atomic E-state index is 0.0129. The zero-order valence-corrected chi connectivity index (χ0v) is 15.0. The number of methoxy groups -OCH3 is 1. The zero-order chi connectivity index (χ0) is 18.1. The molecule has 0 radical (unpaired) electrons. The van der Waals surface area contributed by atoms with Crippen LogP contribution in [0.15, 0.2) is 42.6 Å². The normalized spacial score (nSPS) is 16.2. The second-order valence-electron chi connectivity index (χ2n) is 6.65. The number of nitrogens with one attached hydrogen (secondary N) is 2. The van der Waals surface area contributed by atoms with Crippen molar-refractivity contribution in [3.05, 3.63) is 59.4 Å². The summed E-state index contributed by atoms with van der Waals surface area (Å²) in [6, 6.07) is 11.8. The van der Waals surface area contributed by atoms with Crippen molar-refractivity contribution in [1.82, 2.24) is 20.1 Å². The number of hydrogen-bond donors (Lipinski definition) is 2. The topological polar surface area (TPSA) is 71.9 Å². The Morgan fingerprint density at radius 3 is 3.00 bits per heavy atom. The van der Waals surface area contributed by atoms with Crippen molar-refractivity contribution < 1.29 is 9.53 Å². The molecule has 0 fully saturated rings. The highest BCUT2D eigenvalue weighted by molar-refractivity contribution is 5.93. The van der Waals surface area contributed by atoms with E-state index >= 15 is 0 Å². The van der Waals surface area contributed by atoms with Crippen molar-refractivity contribution in [3.63, 3.8) is 0 Å². The predicted molar refractivity (Wildman–Crippen MR) is 99.1 cm³/mol. The number of aryl methyl sites for hydroxylation is 2. The fourth-order valence-corrected chi connectivity index (χ4v) is 3.60. The number of ether oxygens (including phenoxy) is 1. The molecule has 0 aliphatic heterocycles. The van der Waals surface area contributed by atoms with Crippen molar-refractivity contribution in [2.45, 2.75) is 25.3 Å². The third-order valence-corrected chi connectivity index (χ3v) is 5.00. The van der Waals surface area contributed by atoms with Crippen LogP contribution in [0.2, 0.25) is 0 Å². The molecule has 0 saturated carbocycles. The largest absolute Gasteiger partial charge is 0.497 e. The Morgan fingerprint density at radius 2 is 2.23 bits per heavy atom. The van der Waals surface area contributed by atoms with Gasteiger partial charge in [-0.25, -0.2) is 0 Å². The van der Waals surface area contributed by atoms with E-state index in [0.29, 0.717) is 5.69 Å². The van der Waals surface area contributed by atoms with E-state index < -0.39 is 0 Å². The maximum atomic E-state index is 12.7. The van der Waals surface area contributed by atoms with E-state index in [0.717, 1.165) is 36.4 Å². The van der Waals surface area contributed by atoms with Gasteiger partial charge < -0.3 is 14.6 Å². The van der Waals surface area contributed by atoms with Crippen LogP contribution < -0.4 is 10.1 Å². The molecular formula is C20H22N4O2. The summed E-state index contributed by atoms with van der Waals surface area (Å²) in [5.74, 6) is 0.725. The molecule has 1 atom stereocenters. The third-order valence-electron chi connectivity index (χ3n) is 5.00. The number of hydrogen-bond acceptors (Lipinski definition) is 3. The van der Waals surface area contributed by atoms with Crippen LogP contribution in [0.1, 0.15) is 40.5 Å². The SMILES string of the molecule is COc1ccc2c(c1)CCCC2NC(=O)c1cc(-c2cccn2C)n[nH]1. The van der Waals surface area contributed by atoms with Crippen molar-refractivity contribution in [1.29, 1.82) is 0 Å². The molecule has 0 saturated heterocycles. The number of rotatable bonds is 4. The van der Waals surface area contributed by atoms with Crippen LogP contribution in [-0.2, 0) is 13.5 Å². The Hall–Kier alpha value is -3.02. The van der Waals surface area contributed by atoms with Crippen LogP contribution in [0.4, 0.5) is 0 Å². The van der Waals surface area contributed by atoms with Gasteiger partial charge in [-0.05, 0) is 60.7 Å². The first-order chi connectivity index (χ1) is 12.7. The summed E-state index contributed by atoms with van der Waals surface area (Å²) in [7, 11) is 3.63. The molecule has 26 heavy (non-hydrogen) atoms. The van der Waals surface area contributed by atoms with Crippen molar-refractivity contribution in [2.75, 3.05) is 7.11 Å². The van der Waals surface area contributed by atoms with Crippen LogP contribution in [0.25, 0.3) is 11.4 Å². The summed E-state index contributed by atoms with van der Waals surface area (Å²) in [4.78, 5) is 12.7. The van der Waals surface area contributed by atoms with E-state index in [9.17, 15) is 4.79 Å². The highest BCUT2D eigenvalue weighted by Crippen LogP contribution is 2.32. The lowest BCUT2D eigenvalue weighted by Crippen LogP contribution is -2.31.